The lowest BCUT2D eigenvalue weighted by atomic mass is 10.1. The fourth-order valence-electron chi connectivity index (χ4n) is 2.15. The molecule has 1 aliphatic rings. The predicted octanol–water partition coefficient (Wildman–Crippen LogP) is 2.58. The maximum Gasteiger partial charge on any atom is 0.227 e. The Kier molecular flexibility index (Phi) is 4.24. The highest BCUT2D eigenvalue weighted by molar-refractivity contribution is 5.78. The molecule has 0 bridgehead atoms. The van der Waals surface area contributed by atoms with Crippen molar-refractivity contribution < 1.29 is 9.90 Å². The van der Waals surface area contributed by atoms with E-state index in [2.05, 4.69) is 6.92 Å². The van der Waals surface area contributed by atoms with Gasteiger partial charge in [-0.3, -0.25) is 4.79 Å². The van der Waals surface area contributed by atoms with Crippen molar-refractivity contribution in [3.8, 4) is 5.75 Å². The summed E-state index contributed by atoms with van der Waals surface area (Å²) in [5, 5.41) is 9.40. The fraction of sp³-hybridized carbons (Fsp3) is 0.533. The number of amides is 1. The van der Waals surface area contributed by atoms with E-state index in [9.17, 15) is 9.90 Å². The summed E-state index contributed by atoms with van der Waals surface area (Å²) in [4.78, 5) is 14.2. The van der Waals surface area contributed by atoms with Crippen LogP contribution < -0.4 is 0 Å². The Morgan fingerprint density at radius 2 is 2.22 bits per heavy atom. The molecule has 3 heteroatoms. The molecule has 0 atom stereocenters. The second-order valence-corrected chi connectivity index (χ2v) is 5.13. The van der Waals surface area contributed by atoms with Crippen LogP contribution in [0.2, 0.25) is 0 Å². The molecule has 0 aliphatic heterocycles. The van der Waals surface area contributed by atoms with Gasteiger partial charge in [-0.05, 0) is 42.9 Å². The number of carbonyl (C=O) groups is 1. The van der Waals surface area contributed by atoms with Crippen LogP contribution in [0.4, 0.5) is 0 Å². The summed E-state index contributed by atoms with van der Waals surface area (Å²) in [7, 11) is 0. The van der Waals surface area contributed by atoms with Crippen LogP contribution in [-0.4, -0.2) is 29.0 Å². The average molecular weight is 247 g/mol. The van der Waals surface area contributed by atoms with E-state index in [-0.39, 0.29) is 11.7 Å². The number of rotatable bonds is 6. The third-order valence-electron chi connectivity index (χ3n) is 3.29. The maximum atomic E-state index is 12.2. The SMILES string of the molecule is CCCN(CC1CC1)C(=O)Cc1cccc(O)c1. The molecule has 1 aliphatic carbocycles. The summed E-state index contributed by atoms with van der Waals surface area (Å²) in [6.45, 7) is 3.85. The zero-order valence-electron chi connectivity index (χ0n) is 10.9. The van der Waals surface area contributed by atoms with Crippen molar-refractivity contribution in [3.05, 3.63) is 29.8 Å². The summed E-state index contributed by atoms with van der Waals surface area (Å²) < 4.78 is 0. The van der Waals surface area contributed by atoms with Gasteiger partial charge in [0.2, 0.25) is 5.91 Å². The Labute approximate surface area is 108 Å². The van der Waals surface area contributed by atoms with Crippen LogP contribution in [0.15, 0.2) is 24.3 Å². The van der Waals surface area contributed by atoms with Gasteiger partial charge in [-0.15, -0.1) is 0 Å². The average Bonchev–Trinajstić information content (AvgIpc) is 3.12. The molecule has 1 aromatic carbocycles. The molecule has 98 valence electrons. The highest BCUT2D eigenvalue weighted by atomic mass is 16.3. The molecule has 0 spiro atoms. The minimum atomic E-state index is 0.175. The normalized spacial score (nSPS) is 14.5. The molecule has 1 fully saturated rings. The quantitative estimate of drug-likeness (QED) is 0.839. The van der Waals surface area contributed by atoms with E-state index < -0.39 is 0 Å². The molecule has 1 saturated carbocycles. The molecule has 1 N–H and O–H groups in total. The number of benzene rings is 1. The second kappa shape index (κ2) is 5.89. The fourth-order valence-corrected chi connectivity index (χ4v) is 2.15. The highest BCUT2D eigenvalue weighted by Crippen LogP contribution is 2.30. The van der Waals surface area contributed by atoms with Crippen molar-refractivity contribution in [1.29, 1.82) is 0 Å². The Morgan fingerprint density at radius 3 is 2.83 bits per heavy atom. The summed E-state index contributed by atoms with van der Waals surface area (Å²) >= 11 is 0. The second-order valence-electron chi connectivity index (χ2n) is 5.13. The largest absolute Gasteiger partial charge is 0.508 e. The van der Waals surface area contributed by atoms with Crippen LogP contribution in [0.5, 0.6) is 5.75 Å². The third kappa shape index (κ3) is 3.76. The van der Waals surface area contributed by atoms with Gasteiger partial charge in [0.1, 0.15) is 5.75 Å². The van der Waals surface area contributed by atoms with Crippen molar-refractivity contribution in [3.63, 3.8) is 0 Å². The molecule has 0 heterocycles. The van der Waals surface area contributed by atoms with E-state index in [0.29, 0.717) is 6.42 Å². The van der Waals surface area contributed by atoms with E-state index in [4.69, 9.17) is 0 Å². The first-order valence-electron chi connectivity index (χ1n) is 6.74. The zero-order valence-corrected chi connectivity index (χ0v) is 10.9. The smallest absolute Gasteiger partial charge is 0.227 e. The lowest BCUT2D eigenvalue weighted by Crippen LogP contribution is -2.34. The van der Waals surface area contributed by atoms with E-state index in [1.165, 1.54) is 12.8 Å². The molecule has 18 heavy (non-hydrogen) atoms. The van der Waals surface area contributed by atoms with E-state index in [0.717, 1.165) is 31.0 Å². The summed E-state index contributed by atoms with van der Waals surface area (Å²) in [5.74, 6) is 1.13. The lowest BCUT2D eigenvalue weighted by Gasteiger charge is -2.22. The maximum absolute atomic E-state index is 12.2. The van der Waals surface area contributed by atoms with Crippen LogP contribution in [0, 0.1) is 5.92 Å². The van der Waals surface area contributed by atoms with E-state index in [1.807, 2.05) is 11.0 Å². The standard InChI is InChI=1S/C15H21NO2/c1-2-8-16(11-12-6-7-12)15(18)10-13-4-3-5-14(17)9-13/h3-5,9,12,17H,2,6-8,10-11H2,1H3. The zero-order chi connectivity index (χ0) is 13.0. The monoisotopic (exact) mass is 247 g/mol. The third-order valence-corrected chi connectivity index (χ3v) is 3.29. The van der Waals surface area contributed by atoms with Gasteiger partial charge in [-0.1, -0.05) is 19.1 Å². The molecule has 0 unspecified atom stereocenters. The van der Waals surface area contributed by atoms with Crippen molar-refractivity contribution in [2.24, 2.45) is 5.92 Å². The van der Waals surface area contributed by atoms with Gasteiger partial charge in [0.25, 0.3) is 0 Å². The molecule has 0 aromatic heterocycles. The van der Waals surface area contributed by atoms with Gasteiger partial charge in [0, 0.05) is 13.1 Å². The van der Waals surface area contributed by atoms with Crippen LogP contribution in [0.3, 0.4) is 0 Å². The first kappa shape index (κ1) is 12.9. The highest BCUT2D eigenvalue weighted by Gasteiger charge is 2.26. The first-order chi connectivity index (χ1) is 8.69. The summed E-state index contributed by atoms with van der Waals surface area (Å²) in [6.07, 6.45) is 3.92. The van der Waals surface area contributed by atoms with Gasteiger partial charge >= 0.3 is 0 Å². The van der Waals surface area contributed by atoms with Crippen LogP contribution in [0.25, 0.3) is 0 Å². The number of aromatic hydroxyl groups is 1. The first-order valence-corrected chi connectivity index (χ1v) is 6.74. The topological polar surface area (TPSA) is 40.5 Å². The van der Waals surface area contributed by atoms with Gasteiger partial charge in [-0.2, -0.15) is 0 Å². The van der Waals surface area contributed by atoms with Crippen molar-refractivity contribution in [2.45, 2.75) is 32.6 Å². The number of hydrogen-bond donors (Lipinski definition) is 1. The molecule has 1 aromatic rings. The Hall–Kier alpha value is -1.51. The number of phenols is 1. The minimum Gasteiger partial charge on any atom is -0.508 e. The number of hydrogen-bond acceptors (Lipinski definition) is 2. The summed E-state index contributed by atoms with van der Waals surface area (Å²) in [5.41, 5.74) is 0.886. The molecular weight excluding hydrogens is 226 g/mol. The molecule has 0 saturated heterocycles. The van der Waals surface area contributed by atoms with Crippen molar-refractivity contribution in [1.82, 2.24) is 4.90 Å². The van der Waals surface area contributed by atoms with Gasteiger partial charge in [0.15, 0.2) is 0 Å². The minimum absolute atomic E-state index is 0.175. The molecular formula is C15H21NO2. The van der Waals surface area contributed by atoms with Crippen molar-refractivity contribution in [2.75, 3.05) is 13.1 Å². The van der Waals surface area contributed by atoms with Crippen LogP contribution >= 0.6 is 0 Å². The Bertz CT molecular complexity index is 413. The summed E-state index contributed by atoms with van der Waals surface area (Å²) in [6, 6.07) is 6.96. The Morgan fingerprint density at radius 1 is 1.44 bits per heavy atom. The molecule has 1 amide bonds. The van der Waals surface area contributed by atoms with Crippen LogP contribution in [0.1, 0.15) is 31.7 Å². The lowest BCUT2D eigenvalue weighted by molar-refractivity contribution is -0.130. The van der Waals surface area contributed by atoms with E-state index >= 15 is 0 Å². The van der Waals surface area contributed by atoms with Gasteiger partial charge in [0.05, 0.1) is 6.42 Å². The van der Waals surface area contributed by atoms with Crippen molar-refractivity contribution >= 4 is 5.91 Å². The van der Waals surface area contributed by atoms with Crippen LogP contribution in [-0.2, 0) is 11.2 Å². The number of phenolic OH excluding ortho intramolecular Hbond substituents is 1. The predicted molar refractivity (Wildman–Crippen MR) is 71.4 cm³/mol. The van der Waals surface area contributed by atoms with Gasteiger partial charge in [-0.25, -0.2) is 0 Å². The molecule has 0 radical (unpaired) electrons. The van der Waals surface area contributed by atoms with E-state index in [1.54, 1.807) is 18.2 Å². The molecule has 2 rings (SSSR count). The number of carbonyl (C=O) groups excluding carboxylic acids is 1. The van der Waals surface area contributed by atoms with Gasteiger partial charge < -0.3 is 10.0 Å². The molecule has 3 nitrogen and oxygen atoms in total. The Balaban J connectivity index is 1.94. The number of nitrogens with zero attached hydrogens (tertiary/aromatic N) is 1.